The van der Waals surface area contributed by atoms with Crippen LogP contribution in [-0.4, -0.2) is 21.6 Å². The Morgan fingerprint density at radius 3 is 2.71 bits per heavy atom. The Morgan fingerprint density at radius 1 is 1.57 bits per heavy atom. The van der Waals surface area contributed by atoms with E-state index in [0.29, 0.717) is 10.4 Å². The second-order valence-corrected chi connectivity index (χ2v) is 4.21. The van der Waals surface area contributed by atoms with Crippen LogP contribution in [0.2, 0.25) is 0 Å². The van der Waals surface area contributed by atoms with Crippen molar-refractivity contribution in [3.05, 3.63) is 22.8 Å². The van der Waals surface area contributed by atoms with Gasteiger partial charge in [0.25, 0.3) is 0 Å². The van der Waals surface area contributed by atoms with Gasteiger partial charge in [0, 0.05) is 0 Å². The first-order chi connectivity index (χ1) is 6.42. The molecule has 0 radical (unpaired) electrons. The number of rotatable bonds is 3. The highest BCUT2D eigenvalue weighted by molar-refractivity contribution is 9.10. The van der Waals surface area contributed by atoms with Gasteiger partial charge in [-0.25, -0.2) is 9.78 Å². The average molecular weight is 259 g/mol. The molecule has 0 bridgehead atoms. The summed E-state index contributed by atoms with van der Waals surface area (Å²) in [4.78, 5) is 14.9. The molecule has 0 saturated heterocycles. The van der Waals surface area contributed by atoms with Crippen molar-refractivity contribution in [2.24, 2.45) is 0 Å². The lowest BCUT2D eigenvalue weighted by molar-refractivity contribution is -0.141. The number of pyridine rings is 1. The molecule has 0 unspecified atom stereocenters. The number of aromatic nitrogens is 1. The minimum Gasteiger partial charge on any atom is -0.480 e. The maximum Gasteiger partial charge on any atom is 0.328 e. The van der Waals surface area contributed by atoms with Crippen LogP contribution in [0.5, 0.6) is 0 Å². The van der Waals surface area contributed by atoms with Crippen molar-refractivity contribution in [3.8, 4) is 0 Å². The third kappa shape index (κ3) is 2.70. The molecule has 1 aromatic rings. The third-order valence-corrected chi connectivity index (χ3v) is 2.13. The molecule has 76 valence electrons. The molecule has 1 heterocycles. The lowest BCUT2D eigenvalue weighted by atomic mass is 10.1. The zero-order valence-corrected chi connectivity index (χ0v) is 9.50. The maximum absolute atomic E-state index is 10.8. The highest BCUT2D eigenvalue weighted by atomic mass is 79.9. The van der Waals surface area contributed by atoms with E-state index in [-0.39, 0.29) is 0 Å². The van der Waals surface area contributed by atoms with Crippen molar-refractivity contribution in [2.45, 2.75) is 19.4 Å². The summed E-state index contributed by atoms with van der Waals surface area (Å²) in [6.45, 7) is 3.16. The SMILES string of the molecule is CC(C)(Nc1cccc(Br)n1)C(=O)O. The van der Waals surface area contributed by atoms with E-state index in [2.05, 4.69) is 26.2 Å². The van der Waals surface area contributed by atoms with Gasteiger partial charge in [0.05, 0.1) is 0 Å². The number of nitrogens with zero attached hydrogens (tertiary/aromatic N) is 1. The fourth-order valence-corrected chi connectivity index (χ4v) is 1.20. The van der Waals surface area contributed by atoms with Crippen molar-refractivity contribution in [1.82, 2.24) is 4.98 Å². The van der Waals surface area contributed by atoms with Crippen molar-refractivity contribution < 1.29 is 9.90 Å². The molecule has 0 fully saturated rings. The first-order valence-electron chi connectivity index (χ1n) is 4.06. The highest BCUT2D eigenvalue weighted by Crippen LogP contribution is 2.15. The number of anilines is 1. The Kier molecular flexibility index (Phi) is 3.10. The van der Waals surface area contributed by atoms with Crippen molar-refractivity contribution in [2.75, 3.05) is 5.32 Å². The van der Waals surface area contributed by atoms with E-state index in [0.717, 1.165) is 0 Å². The molecular formula is C9H11BrN2O2. The number of hydrogen-bond donors (Lipinski definition) is 2. The maximum atomic E-state index is 10.8. The highest BCUT2D eigenvalue weighted by Gasteiger charge is 2.26. The molecule has 0 saturated carbocycles. The average Bonchev–Trinajstić information content (AvgIpc) is 2.02. The second kappa shape index (κ2) is 3.96. The van der Waals surface area contributed by atoms with Gasteiger partial charge in [-0.1, -0.05) is 6.07 Å². The topological polar surface area (TPSA) is 62.2 Å². The normalized spacial score (nSPS) is 11.1. The van der Waals surface area contributed by atoms with E-state index in [1.54, 1.807) is 32.0 Å². The minimum atomic E-state index is -1.02. The van der Waals surface area contributed by atoms with Crippen LogP contribution in [0, 0.1) is 0 Å². The summed E-state index contributed by atoms with van der Waals surface area (Å²) in [7, 11) is 0. The molecule has 2 N–H and O–H groups in total. The standard InChI is InChI=1S/C9H11BrN2O2/c1-9(2,8(13)14)12-7-5-3-4-6(10)11-7/h3-5H,1-2H3,(H,11,12)(H,13,14). The predicted octanol–water partition coefficient (Wildman–Crippen LogP) is 2.12. The van der Waals surface area contributed by atoms with Crippen molar-refractivity contribution in [1.29, 1.82) is 0 Å². The van der Waals surface area contributed by atoms with E-state index in [1.807, 2.05) is 0 Å². The van der Waals surface area contributed by atoms with Crippen molar-refractivity contribution in [3.63, 3.8) is 0 Å². The van der Waals surface area contributed by atoms with Gasteiger partial charge in [-0.05, 0) is 41.9 Å². The van der Waals surface area contributed by atoms with E-state index >= 15 is 0 Å². The summed E-state index contributed by atoms with van der Waals surface area (Å²) in [5.74, 6) is -0.383. The third-order valence-electron chi connectivity index (χ3n) is 1.69. The number of carbonyl (C=O) groups is 1. The monoisotopic (exact) mass is 258 g/mol. The van der Waals surface area contributed by atoms with Crippen LogP contribution in [0.4, 0.5) is 5.82 Å². The van der Waals surface area contributed by atoms with Crippen LogP contribution < -0.4 is 5.32 Å². The second-order valence-electron chi connectivity index (χ2n) is 3.40. The Balaban J connectivity index is 2.83. The lowest BCUT2D eigenvalue weighted by Crippen LogP contribution is -2.40. The quantitative estimate of drug-likeness (QED) is 0.816. The van der Waals surface area contributed by atoms with Gasteiger partial charge in [-0.15, -0.1) is 0 Å². The molecule has 0 spiro atoms. The van der Waals surface area contributed by atoms with E-state index in [9.17, 15) is 4.79 Å². The van der Waals surface area contributed by atoms with Gasteiger partial charge in [0.1, 0.15) is 16.0 Å². The van der Waals surface area contributed by atoms with Gasteiger partial charge in [-0.3, -0.25) is 0 Å². The summed E-state index contributed by atoms with van der Waals surface area (Å²) in [5, 5.41) is 11.7. The van der Waals surface area contributed by atoms with Crippen LogP contribution in [0.25, 0.3) is 0 Å². The Hall–Kier alpha value is -1.10. The van der Waals surface area contributed by atoms with E-state index < -0.39 is 11.5 Å². The minimum absolute atomic E-state index is 0.534. The fraction of sp³-hybridized carbons (Fsp3) is 0.333. The molecule has 0 aromatic carbocycles. The Bertz CT molecular complexity index is 352. The number of hydrogen-bond acceptors (Lipinski definition) is 3. The van der Waals surface area contributed by atoms with Crippen LogP contribution in [0.1, 0.15) is 13.8 Å². The van der Waals surface area contributed by atoms with Crippen LogP contribution in [0.15, 0.2) is 22.8 Å². The number of carboxylic acids is 1. The van der Waals surface area contributed by atoms with E-state index in [4.69, 9.17) is 5.11 Å². The summed E-state index contributed by atoms with van der Waals surface area (Å²) >= 11 is 3.21. The molecule has 14 heavy (non-hydrogen) atoms. The first kappa shape index (κ1) is 11.0. The number of halogens is 1. The van der Waals surface area contributed by atoms with Crippen LogP contribution in [-0.2, 0) is 4.79 Å². The molecule has 1 rings (SSSR count). The summed E-state index contributed by atoms with van der Waals surface area (Å²) in [6.07, 6.45) is 0. The largest absolute Gasteiger partial charge is 0.480 e. The Morgan fingerprint density at radius 2 is 2.21 bits per heavy atom. The Labute approximate surface area is 90.5 Å². The molecule has 0 atom stereocenters. The van der Waals surface area contributed by atoms with Gasteiger partial charge < -0.3 is 10.4 Å². The zero-order valence-electron chi connectivity index (χ0n) is 7.91. The van der Waals surface area contributed by atoms with Gasteiger partial charge in [0.2, 0.25) is 0 Å². The molecule has 0 aliphatic rings. The van der Waals surface area contributed by atoms with Gasteiger partial charge >= 0.3 is 5.97 Å². The molecular weight excluding hydrogens is 248 g/mol. The molecule has 5 heteroatoms. The predicted molar refractivity (Wildman–Crippen MR) is 57.3 cm³/mol. The van der Waals surface area contributed by atoms with Gasteiger partial charge in [0.15, 0.2) is 0 Å². The summed E-state index contributed by atoms with van der Waals surface area (Å²) in [6, 6.07) is 5.28. The molecule has 0 aliphatic carbocycles. The summed E-state index contributed by atoms with van der Waals surface area (Å²) in [5.41, 5.74) is -1.02. The number of aliphatic carboxylic acids is 1. The molecule has 0 amide bonds. The number of carboxylic acid groups (broad SMARTS) is 1. The van der Waals surface area contributed by atoms with Gasteiger partial charge in [-0.2, -0.15) is 0 Å². The molecule has 4 nitrogen and oxygen atoms in total. The van der Waals surface area contributed by atoms with E-state index in [1.165, 1.54) is 0 Å². The van der Waals surface area contributed by atoms with Crippen LogP contribution >= 0.6 is 15.9 Å². The molecule has 1 aromatic heterocycles. The summed E-state index contributed by atoms with van der Waals surface area (Å²) < 4.78 is 0.670. The van der Waals surface area contributed by atoms with Crippen molar-refractivity contribution >= 4 is 27.7 Å². The molecule has 0 aliphatic heterocycles. The van der Waals surface area contributed by atoms with Crippen LogP contribution in [0.3, 0.4) is 0 Å². The smallest absolute Gasteiger partial charge is 0.328 e. The lowest BCUT2D eigenvalue weighted by Gasteiger charge is -2.21. The number of nitrogens with one attached hydrogen (secondary N) is 1. The fourth-order valence-electron chi connectivity index (χ4n) is 0.852. The first-order valence-corrected chi connectivity index (χ1v) is 4.85. The zero-order chi connectivity index (χ0) is 10.8.